The number of rotatable bonds is 8. The lowest BCUT2D eigenvalue weighted by molar-refractivity contribution is -0.0513. The molecule has 6 nitrogen and oxygen atoms in total. The van der Waals surface area contributed by atoms with Gasteiger partial charge in [0.25, 0.3) is 0 Å². The number of para-hydroxylation sites is 3. The summed E-state index contributed by atoms with van der Waals surface area (Å²) in [5.74, 6) is -0.293. The molecule has 4 rings (SSSR count). The number of alkyl halides is 2. The van der Waals surface area contributed by atoms with Crippen molar-refractivity contribution < 1.29 is 23.0 Å². The van der Waals surface area contributed by atoms with Crippen LogP contribution in [0.3, 0.4) is 0 Å². The summed E-state index contributed by atoms with van der Waals surface area (Å²) in [6.45, 7) is 3.05. The largest absolute Gasteiger partial charge is 0.493 e. The third kappa shape index (κ3) is 3.64. The highest BCUT2D eigenvalue weighted by Crippen LogP contribution is 2.33. The maximum Gasteiger partial charge on any atom is 0.387 e. The standard InChI is InChI=1S/C24H21F2N3O3/c1-4-14-28-17-9-5-6-10-18(17)29-23(28)21(15(2)27-29)19(30)13-12-16-8-7-11-20(31-3)22(16)32-24(25)26/h4-13,24H,1,14H2,2-3H3. The van der Waals surface area contributed by atoms with E-state index in [-0.39, 0.29) is 17.3 Å². The smallest absolute Gasteiger partial charge is 0.387 e. The highest BCUT2D eigenvalue weighted by Gasteiger charge is 2.22. The van der Waals surface area contributed by atoms with Crippen molar-refractivity contribution in [3.63, 3.8) is 0 Å². The van der Waals surface area contributed by atoms with E-state index in [0.29, 0.717) is 29.0 Å². The first-order chi connectivity index (χ1) is 15.5. The quantitative estimate of drug-likeness (QED) is 0.214. The third-order valence-electron chi connectivity index (χ3n) is 5.10. The normalized spacial score (nSPS) is 11.7. The molecule has 0 unspecified atom stereocenters. The average molecular weight is 437 g/mol. The molecule has 0 amide bonds. The Morgan fingerprint density at radius 2 is 1.94 bits per heavy atom. The Bertz CT molecular complexity index is 1350. The van der Waals surface area contributed by atoms with Gasteiger partial charge in [-0.2, -0.15) is 13.9 Å². The number of hydrogen-bond donors (Lipinski definition) is 0. The van der Waals surface area contributed by atoms with E-state index in [1.807, 2.05) is 28.8 Å². The fraction of sp³-hybridized carbons (Fsp3) is 0.167. The van der Waals surface area contributed by atoms with Gasteiger partial charge >= 0.3 is 6.61 Å². The van der Waals surface area contributed by atoms with E-state index in [2.05, 4.69) is 16.4 Å². The van der Waals surface area contributed by atoms with Crippen molar-refractivity contribution in [1.82, 2.24) is 14.2 Å². The lowest BCUT2D eigenvalue weighted by Crippen LogP contribution is -2.05. The number of benzene rings is 2. The van der Waals surface area contributed by atoms with E-state index in [0.717, 1.165) is 11.0 Å². The molecule has 2 heterocycles. The number of aryl methyl sites for hydroxylation is 1. The molecule has 2 aromatic heterocycles. The molecule has 0 aliphatic heterocycles. The van der Waals surface area contributed by atoms with E-state index >= 15 is 0 Å². The van der Waals surface area contributed by atoms with Crippen LogP contribution in [0.1, 0.15) is 21.6 Å². The molecule has 0 fully saturated rings. The Hall–Kier alpha value is -3.94. The van der Waals surface area contributed by atoms with E-state index in [4.69, 9.17) is 4.74 Å². The number of ketones is 1. The Morgan fingerprint density at radius 1 is 1.19 bits per heavy atom. The number of carbonyl (C=O) groups excluding carboxylic acids is 1. The van der Waals surface area contributed by atoms with Gasteiger partial charge in [-0.25, -0.2) is 4.52 Å². The van der Waals surface area contributed by atoms with Crippen LogP contribution in [0, 0.1) is 6.92 Å². The van der Waals surface area contributed by atoms with Crippen molar-refractivity contribution >= 4 is 28.5 Å². The molecular formula is C24H21F2N3O3. The molecule has 2 aromatic carbocycles. The molecule has 0 aliphatic carbocycles. The second kappa shape index (κ2) is 8.66. The fourth-order valence-corrected chi connectivity index (χ4v) is 3.81. The Labute approximate surface area is 183 Å². The lowest BCUT2D eigenvalue weighted by atomic mass is 10.1. The van der Waals surface area contributed by atoms with Crippen LogP contribution in [0.15, 0.2) is 61.2 Å². The van der Waals surface area contributed by atoms with Gasteiger partial charge in [-0.1, -0.05) is 30.3 Å². The molecule has 0 bridgehead atoms. The third-order valence-corrected chi connectivity index (χ3v) is 5.10. The number of ether oxygens (including phenoxy) is 2. The second-order valence-corrected chi connectivity index (χ2v) is 7.04. The number of fused-ring (bicyclic) bond motifs is 3. The van der Waals surface area contributed by atoms with E-state index in [1.54, 1.807) is 29.6 Å². The summed E-state index contributed by atoms with van der Waals surface area (Å²) in [4.78, 5) is 13.2. The molecule has 0 saturated heterocycles. The Morgan fingerprint density at radius 3 is 2.62 bits per heavy atom. The minimum absolute atomic E-state index is 0.133. The number of hydrogen-bond acceptors (Lipinski definition) is 4. The average Bonchev–Trinajstić information content (AvgIpc) is 3.26. The van der Waals surface area contributed by atoms with E-state index < -0.39 is 6.61 Å². The van der Waals surface area contributed by atoms with Crippen molar-refractivity contribution in [2.24, 2.45) is 0 Å². The minimum Gasteiger partial charge on any atom is -0.493 e. The maximum absolute atomic E-state index is 13.2. The van der Waals surface area contributed by atoms with Crippen LogP contribution in [-0.4, -0.2) is 33.7 Å². The molecule has 0 radical (unpaired) electrons. The Balaban J connectivity index is 1.81. The molecule has 4 aromatic rings. The number of methoxy groups -OCH3 is 1. The number of carbonyl (C=O) groups is 1. The van der Waals surface area contributed by atoms with Gasteiger partial charge in [-0.05, 0) is 37.3 Å². The molecular weight excluding hydrogens is 416 g/mol. The second-order valence-electron chi connectivity index (χ2n) is 7.04. The van der Waals surface area contributed by atoms with Crippen LogP contribution in [0.4, 0.5) is 8.78 Å². The highest BCUT2D eigenvalue weighted by molar-refractivity contribution is 6.12. The maximum atomic E-state index is 13.2. The van der Waals surface area contributed by atoms with Gasteiger partial charge in [0.05, 0.1) is 29.4 Å². The summed E-state index contributed by atoms with van der Waals surface area (Å²) in [5, 5.41) is 4.57. The predicted octanol–water partition coefficient (Wildman–Crippen LogP) is 5.29. The zero-order valence-corrected chi connectivity index (χ0v) is 17.6. The molecule has 8 heteroatoms. The summed E-state index contributed by atoms with van der Waals surface area (Å²) in [6.07, 6.45) is 4.52. The minimum atomic E-state index is -3.03. The van der Waals surface area contributed by atoms with Gasteiger partial charge < -0.3 is 14.0 Å². The van der Waals surface area contributed by atoms with Crippen molar-refractivity contribution in [3.05, 3.63) is 78.0 Å². The fourth-order valence-electron chi connectivity index (χ4n) is 3.81. The highest BCUT2D eigenvalue weighted by atomic mass is 19.3. The van der Waals surface area contributed by atoms with E-state index in [1.165, 1.54) is 25.3 Å². The summed E-state index contributed by atoms with van der Waals surface area (Å²) >= 11 is 0. The van der Waals surface area contributed by atoms with Crippen molar-refractivity contribution in [2.45, 2.75) is 20.1 Å². The molecule has 32 heavy (non-hydrogen) atoms. The van der Waals surface area contributed by atoms with Gasteiger partial charge in [0.2, 0.25) is 0 Å². The molecule has 0 saturated carbocycles. The number of imidazole rings is 1. The predicted molar refractivity (Wildman–Crippen MR) is 119 cm³/mol. The van der Waals surface area contributed by atoms with Crippen molar-refractivity contribution in [3.8, 4) is 11.5 Å². The topological polar surface area (TPSA) is 57.8 Å². The van der Waals surface area contributed by atoms with Crippen LogP contribution < -0.4 is 9.47 Å². The van der Waals surface area contributed by atoms with Gasteiger partial charge in [0.15, 0.2) is 17.3 Å². The zero-order chi connectivity index (χ0) is 22.8. The van der Waals surface area contributed by atoms with Crippen LogP contribution in [-0.2, 0) is 6.54 Å². The summed E-state index contributed by atoms with van der Waals surface area (Å²) in [5.41, 5.74) is 3.73. The van der Waals surface area contributed by atoms with Crippen LogP contribution in [0.25, 0.3) is 22.8 Å². The van der Waals surface area contributed by atoms with Crippen LogP contribution in [0.5, 0.6) is 11.5 Å². The monoisotopic (exact) mass is 437 g/mol. The van der Waals surface area contributed by atoms with Gasteiger partial charge in [-0.15, -0.1) is 6.58 Å². The molecule has 0 atom stereocenters. The van der Waals surface area contributed by atoms with Crippen molar-refractivity contribution in [1.29, 1.82) is 0 Å². The molecule has 0 aliphatic rings. The summed E-state index contributed by atoms with van der Waals surface area (Å²) < 4.78 is 39.2. The van der Waals surface area contributed by atoms with Gasteiger partial charge in [0, 0.05) is 12.1 Å². The number of halogens is 2. The first-order valence-corrected chi connectivity index (χ1v) is 9.88. The molecule has 0 N–H and O–H groups in total. The first kappa shape index (κ1) is 21.3. The summed E-state index contributed by atoms with van der Waals surface area (Å²) in [7, 11) is 1.36. The zero-order valence-electron chi connectivity index (χ0n) is 17.6. The SMILES string of the molecule is C=CCn1c2ccccc2n2nc(C)c(C(=O)C=Cc3cccc(OC)c3OC(F)F)c12. The number of allylic oxidation sites excluding steroid dienone is 2. The molecule has 0 spiro atoms. The van der Waals surface area contributed by atoms with Gasteiger partial charge in [-0.3, -0.25) is 4.79 Å². The molecule has 164 valence electrons. The van der Waals surface area contributed by atoms with Crippen molar-refractivity contribution in [2.75, 3.05) is 7.11 Å². The van der Waals surface area contributed by atoms with Crippen LogP contribution in [0.2, 0.25) is 0 Å². The summed E-state index contributed by atoms with van der Waals surface area (Å²) in [6, 6.07) is 12.4. The first-order valence-electron chi connectivity index (χ1n) is 9.88. The Kier molecular flexibility index (Phi) is 5.77. The van der Waals surface area contributed by atoms with Gasteiger partial charge in [0.1, 0.15) is 5.65 Å². The number of nitrogens with zero attached hydrogens (tertiary/aromatic N) is 3. The number of aromatic nitrogens is 3. The van der Waals surface area contributed by atoms with Crippen LogP contribution >= 0.6 is 0 Å². The lowest BCUT2D eigenvalue weighted by Gasteiger charge is -2.12. The van der Waals surface area contributed by atoms with E-state index in [9.17, 15) is 13.6 Å².